The van der Waals surface area contributed by atoms with Crippen LogP contribution in [0.1, 0.15) is 41.1 Å². The van der Waals surface area contributed by atoms with Crippen molar-refractivity contribution in [3.05, 3.63) is 23.5 Å². The predicted octanol–water partition coefficient (Wildman–Crippen LogP) is 0.905. The van der Waals surface area contributed by atoms with Gasteiger partial charge in [-0.2, -0.15) is 0 Å². The number of aromatic amines is 1. The molecule has 2 atom stereocenters. The van der Waals surface area contributed by atoms with Crippen molar-refractivity contribution in [2.75, 3.05) is 13.2 Å². The summed E-state index contributed by atoms with van der Waals surface area (Å²) in [5.41, 5.74) is 5.80. The van der Waals surface area contributed by atoms with Crippen LogP contribution in [0.3, 0.4) is 0 Å². The van der Waals surface area contributed by atoms with Crippen molar-refractivity contribution in [3.63, 3.8) is 0 Å². The lowest BCUT2D eigenvalue weighted by Crippen LogP contribution is -2.35. The van der Waals surface area contributed by atoms with E-state index in [1.165, 1.54) is 12.3 Å². The zero-order valence-electron chi connectivity index (χ0n) is 11.8. The van der Waals surface area contributed by atoms with Crippen molar-refractivity contribution in [1.82, 2.24) is 10.3 Å². The van der Waals surface area contributed by atoms with Gasteiger partial charge in [-0.15, -0.1) is 0 Å². The van der Waals surface area contributed by atoms with Crippen LogP contribution >= 0.6 is 0 Å². The second-order valence-corrected chi connectivity index (χ2v) is 5.50. The summed E-state index contributed by atoms with van der Waals surface area (Å²) in [5.74, 6) is -0.00727. The minimum atomic E-state index is -0.552. The van der Waals surface area contributed by atoms with Crippen LogP contribution in [0.4, 0.5) is 0 Å². The van der Waals surface area contributed by atoms with Gasteiger partial charge in [0.15, 0.2) is 0 Å². The fourth-order valence-corrected chi connectivity index (χ4v) is 2.60. The van der Waals surface area contributed by atoms with Gasteiger partial charge in [0, 0.05) is 25.3 Å². The van der Waals surface area contributed by atoms with Crippen LogP contribution in [0.15, 0.2) is 12.3 Å². The van der Waals surface area contributed by atoms with E-state index >= 15 is 0 Å². The maximum atomic E-state index is 12.0. The van der Waals surface area contributed by atoms with Crippen molar-refractivity contribution in [1.29, 1.82) is 0 Å². The fourth-order valence-electron chi connectivity index (χ4n) is 2.60. The van der Waals surface area contributed by atoms with E-state index in [-0.39, 0.29) is 12.0 Å². The summed E-state index contributed by atoms with van der Waals surface area (Å²) in [7, 11) is 0. The molecule has 0 unspecified atom stereocenters. The highest BCUT2D eigenvalue weighted by Gasteiger charge is 2.30. The fraction of sp³-hybridized carbons (Fsp3) is 0.571. The molecule has 6 nitrogen and oxygen atoms in total. The maximum absolute atomic E-state index is 12.0. The first-order valence-electron chi connectivity index (χ1n) is 6.87. The number of hydrogen-bond acceptors (Lipinski definition) is 3. The number of primary amides is 1. The largest absolute Gasteiger partial charge is 0.378 e. The molecule has 1 aliphatic heterocycles. The molecule has 1 aromatic rings. The first kappa shape index (κ1) is 14.6. The molecule has 0 bridgehead atoms. The first-order chi connectivity index (χ1) is 9.49. The molecule has 20 heavy (non-hydrogen) atoms. The lowest BCUT2D eigenvalue weighted by molar-refractivity contribution is 0.0533. The second-order valence-electron chi connectivity index (χ2n) is 5.50. The number of nitrogens with one attached hydrogen (secondary N) is 2. The summed E-state index contributed by atoms with van der Waals surface area (Å²) in [6.45, 7) is 5.56. The zero-order valence-corrected chi connectivity index (χ0v) is 11.8. The first-order valence-corrected chi connectivity index (χ1v) is 6.87. The quantitative estimate of drug-likeness (QED) is 0.747. The number of carbonyl (C=O) groups is 2. The number of nitrogens with two attached hydrogens (primary N) is 1. The van der Waals surface area contributed by atoms with E-state index in [4.69, 9.17) is 10.5 Å². The van der Waals surface area contributed by atoms with E-state index in [1.807, 2.05) is 0 Å². The molecule has 2 amide bonds. The van der Waals surface area contributed by atoms with Gasteiger partial charge in [0.05, 0.1) is 11.7 Å². The third-order valence-electron chi connectivity index (χ3n) is 3.66. The van der Waals surface area contributed by atoms with Crippen molar-refractivity contribution >= 4 is 11.8 Å². The molecular formula is C14H21N3O3. The Labute approximate surface area is 118 Å². The average Bonchev–Trinajstić information content (AvgIpc) is 3.04. The van der Waals surface area contributed by atoms with Crippen LogP contribution in [0, 0.1) is 11.8 Å². The van der Waals surface area contributed by atoms with Gasteiger partial charge in [0.2, 0.25) is 5.91 Å². The van der Waals surface area contributed by atoms with Crippen LogP contribution in [0.25, 0.3) is 0 Å². The number of amides is 2. The number of hydrogen-bond donors (Lipinski definition) is 3. The molecule has 6 heteroatoms. The highest BCUT2D eigenvalue weighted by molar-refractivity contribution is 5.98. The number of H-pyrrole nitrogens is 1. The van der Waals surface area contributed by atoms with Gasteiger partial charge in [-0.3, -0.25) is 9.59 Å². The van der Waals surface area contributed by atoms with E-state index in [0.717, 1.165) is 13.0 Å². The van der Waals surface area contributed by atoms with E-state index < -0.39 is 5.91 Å². The molecule has 1 aromatic heterocycles. The number of rotatable bonds is 5. The molecule has 110 valence electrons. The average molecular weight is 279 g/mol. The maximum Gasteiger partial charge on any atom is 0.267 e. The van der Waals surface area contributed by atoms with Crippen LogP contribution < -0.4 is 11.1 Å². The summed E-state index contributed by atoms with van der Waals surface area (Å²) in [4.78, 5) is 25.7. The Morgan fingerprint density at radius 3 is 2.90 bits per heavy atom. The van der Waals surface area contributed by atoms with Gasteiger partial charge < -0.3 is 20.8 Å². The van der Waals surface area contributed by atoms with Crippen LogP contribution in [0.5, 0.6) is 0 Å². The molecule has 4 N–H and O–H groups in total. The van der Waals surface area contributed by atoms with Crippen LogP contribution in [-0.2, 0) is 4.74 Å². The van der Waals surface area contributed by atoms with E-state index in [0.29, 0.717) is 29.6 Å². The predicted molar refractivity (Wildman–Crippen MR) is 74.3 cm³/mol. The number of carbonyl (C=O) groups excluding carboxylic acids is 2. The van der Waals surface area contributed by atoms with Gasteiger partial charge >= 0.3 is 0 Å². The van der Waals surface area contributed by atoms with Gasteiger partial charge in [-0.25, -0.2) is 0 Å². The number of ether oxygens (including phenoxy) is 1. The summed E-state index contributed by atoms with van der Waals surface area (Å²) in [6.07, 6.45) is 2.59. The number of aromatic nitrogens is 1. The van der Waals surface area contributed by atoms with Crippen molar-refractivity contribution < 1.29 is 14.3 Å². The minimum Gasteiger partial charge on any atom is -0.378 e. The molecule has 0 aromatic carbocycles. The molecule has 0 radical (unpaired) electrons. The Hall–Kier alpha value is -1.82. The summed E-state index contributed by atoms with van der Waals surface area (Å²) in [6, 6.07) is 1.46. The Morgan fingerprint density at radius 2 is 2.30 bits per heavy atom. The van der Waals surface area contributed by atoms with E-state index in [1.54, 1.807) is 0 Å². The SMILES string of the molecule is CC(C)[C@H]1OCC[C@@H]1CNC(=O)c1cc(C(N)=O)c[nH]1. The lowest BCUT2D eigenvalue weighted by Gasteiger charge is -2.22. The molecule has 2 rings (SSSR count). The van der Waals surface area contributed by atoms with Gasteiger partial charge in [0.25, 0.3) is 5.91 Å². The molecule has 0 saturated carbocycles. The Bertz CT molecular complexity index is 496. The van der Waals surface area contributed by atoms with Crippen molar-refractivity contribution in [2.45, 2.75) is 26.4 Å². The molecule has 0 aliphatic carbocycles. The van der Waals surface area contributed by atoms with Crippen LogP contribution in [0.2, 0.25) is 0 Å². The van der Waals surface area contributed by atoms with Crippen molar-refractivity contribution in [2.24, 2.45) is 17.6 Å². The third kappa shape index (κ3) is 3.19. The third-order valence-corrected chi connectivity index (χ3v) is 3.66. The lowest BCUT2D eigenvalue weighted by atomic mass is 9.93. The normalized spacial score (nSPS) is 22.1. The van der Waals surface area contributed by atoms with E-state index in [2.05, 4.69) is 24.1 Å². The Balaban J connectivity index is 1.90. The summed E-state index contributed by atoms with van der Waals surface area (Å²) in [5, 5.41) is 2.88. The van der Waals surface area contributed by atoms with Gasteiger partial charge in [-0.05, 0) is 18.4 Å². The molecule has 2 heterocycles. The molecule has 1 aliphatic rings. The highest BCUT2D eigenvalue weighted by atomic mass is 16.5. The molecule has 1 fully saturated rings. The minimum absolute atomic E-state index is 0.195. The molecule has 0 spiro atoms. The van der Waals surface area contributed by atoms with Gasteiger partial charge in [0.1, 0.15) is 5.69 Å². The van der Waals surface area contributed by atoms with Gasteiger partial charge in [-0.1, -0.05) is 13.8 Å². The topological polar surface area (TPSA) is 97.2 Å². The standard InChI is InChI=1S/C14H21N3O3/c1-8(2)12-9(3-4-20-12)6-17-14(19)11-5-10(7-16-11)13(15)18/h5,7-9,12,16H,3-4,6H2,1-2H3,(H2,15,18)(H,17,19)/t9-,12-/m1/s1. The monoisotopic (exact) mass is 279 g/mol. The Morgan fingerprint density at radius 1 is 1.55 bits per heavy atom. The van der Waals surface area contributed by atoms with Crippen molar-refractivity contribution in [3.8, 4) is 0 Å². The highest BCUT2D eigenvalue weighted by Crippen LogP contribution is 2.26. The smallest absolute Gasteiger partial charge is 0.267 e. The van der Waals surface area contributed by atoms with E-state index in [9.17, 15) is 9.59 Å². The molecular weight excluding hydrogens is 258 g/mol. The summed E-state index contributed by atoms with van der Waals surface area (Å²) < 4.78 is 5.68. The summed E-state index contributed by atoms with van der Waals surface area (Å²) >= 11 is 0. The van der Waals surface area contributed by atoms with Crippen LogP contribution in [-0.4, -0.2) is 36.1 Å². The Kier molecular flexibility index (Phi) is 4.44. The zero-order chi connectivity index (χ0) is 14.7. The molecule has 1 saturated heterocycles. The second kappa shape index (κ2) is 6.09.